The SMILES string of the molecule is CC1(C)CCC(C)(C)c2cc(Nc3ccccc3B(O)O)ccc21. The van der Waals surface area contributed by atoms with Gasteiger partial charge in [0.1, 0.15) is 0 Å². The second-order valence-corrected chi connectivity index (χ2v) is 8.11. The van der Waals surface area contributed by atoms with Crippen molar-refractivity contribution in [2.24, 2.45) is 0 Å². The van der Waals surface area contributed by atoms with E-state index < -0.39 is 7.12 Å². The molecular weight excluding hydrogens is 297 g/mol. The zero-order chi connectivity index (χ0) is 17.5. The minimum atomic E-state index is -1.48. The Labute approximate surface area is 144 Å². The van der Waals surface area contributed by atoms with Gasteiger partial charge < -0.3 is 15.4 Å². The van der Waals surface area contributed by atoms with E-state index in [2.05, 4.69) is 51.2 Å². The molecule has 4 heteroatoms. The van der Waals surface area contributed by atoms with Crippen LogP contribution in [0, 0.1) is 0 Å². The molecule has 2 aromatic carbocycles. The van der Waals surface area contributed by atoms with Gasteiger partial charge in [0, 0.05) is 16.8 Å². The first kappa shape index (κ1) is 17.1. The third kappa shape index (κ3) is 3.08. The van der Waals surface area contributed by atoms with Gasteiger partial charge >= 0.3 is 7.12 Å². The first-order valence-electron chi connectivity index (χ1n) is 8.58. The Morgan fingerprint density at radius 2 is 1.50 bits per heavy atom. The summed E-state index contributed by atoms with van der Waals surface area (Å²) < 4.78 is 0. The van der Waals surface area contributed by atoms with Crippen molar-refractivity contribution in [1.29, 1.82) is 0 Å². The highest BCUT2D eigenvalue weighted by Gasteiger charge is 2.36. The van der Waals surface area contributed by atoms with Crippen LogP contribution in [0.15, 0.2) is 42.5 Å². The van der Waals surface area contributed by atoms with E-state index in [1.807, 2.05) is 12.1 Å². The molecule has 0 unspecified atom stereocenters. The lowest BCUT2D eigenvalue weighted by Gasteiger charge is -2.42. The summed E-state index contributed by atoms with van der Waals surface area (Å²) in [5.41, 5.74) is 5.33. The summed E-state index contributed by atoms with van der Waals surface area (Å²) in [5, 5.41) is 22.4. The lowest BCUT2D eigenvalue weighted by atomic mass is 9.63. The highest BCUT2D eigenvalue weighted by molar-refractivity contribution is 6.60. The average Bonchev–Trinajstić information content (AvgIpc) is 2.52. The van der Waals surface area contributed by atoms with Crippen LogP contribution < -0.4 is 10.8 Å². The second kappa shape index (κ2) is 5.94. The van der Waals surface area contributed by atoms with E-state index >= 15 is 0 Å². The lowest BCUT2D eigenvalue weighted by Crippen LogP contribution is -2.34. The maximum Gasteiger partial charge on any atom is 0.490 e. The molecular formula is C20H26BNO2. The standard InChI is InChI=1S/C20H26BNO2/c1-19(2)11-12-20(3,4)16-13-14(9-10-15(16)19)22-18-8-6-5-7-17(18)21(23)24/h5-10,13,22-24H,11-12H2,1-4H3. The monoisotopic (exact) mass is 323 g/mol. The van der Waals surface area contributed by atoms with E-state index in [0.717, 1.165) is 11.4 Å². The number of benzene rings is 2. The van der Waals surface area contributed by atoms with E-state index in [1.165, 1.54) is 24.0 Å². The Morgan fingerprint density at radius 1 is 0.875 bits per heavy atom. The minimum Gasteiger partial charge on any atom is -0.423 e. The Balaban J connectivity index is 2.01. The van der Waals surface area contributed by atoms with Gasteiger partial charge in [-0.1, -0.05) is 52.0 Å². The Bertz CT molecular complexity index is 753. The molecule has 1 aliphatic rings. The molecule has 0 aromatic heterocycles. The first-order chi connectivity index (χ1) is 11.2. The normalized spacial score (nSPS) is 17.9. The fourth-order valence-electron chi connectivity index (χ4n) is 3.66. The van der Waals surface area contributed by atoms with Crippen LogP contribution in [0.4, 0.5) is 11.4 Å². The van der Waals surface area contributed by atoms with Crippen LogP contribution in [-0.2, 0) is 10.8 Å². The average molecular weight is 323 g/mol. The van der Waals surface area contributed by atoms with Crippen molar-refractivity contribution < 1.29 is 10.0 Å². The van der Waals surface area contributed by atoms with Crippen molar-refractivity contribution in [1.82, 2.24) is 0 Å². The smallest absolute Gasteiger partial charge is 0.423 e. The quantitative estimate of drug-likeness (QED) is 0.758. The molecule has 0 saturated heterocycles. The van der Waals surface area contributed by atoms with Gasteiger partial charge in [-0.15, -0.1) is 0 Å². The minimum absolute atomic E-state index is 0.151. The van der Waals surface area contributed by atoms with Gasteiger partial charge in [-0.2, -0.15) is 0 Å². The predicted octanol–water partition coefficient (Wildman–Crippen LogP) is 3.46. The molecule has 24 heavy (non-hydrogen) atoms. The molecule has 0 amide bonds. The summed E-state index contributed by atoms with van der Waals surface area (Å²) in [6, 6.07) is 13.8. The summed E-state index contributed by atoms with van der Waals surface area (Å²) in [6.45, 7) is 9.23. The molecule has 0 spiro atoms. The first-order valence-corrected chi connectivity index (χ1v) is 8.58. The van der Waals surface area contributed by atoms with Gasteiger partial charge in [-0.3, -0.25) is 0 Å². The molecule has 0 saturated carbocycles. The molecule has 3 N–H and O–H groups in total. The van der Waals surface area contributed by atoms with Gasteiger partial charge in [0.05, 0.1) is 0 Å². The molecule has 0 atom stereocenters. The third-order valence-electron chi connectivity index (χ3n) is 5.37. The van der Waals surface area contributed by atoms with Crippen LogP contribution in [0.5, 0.6) is 0 Å². The number of nitrogens with one attached hydrogen (secondary N) is 1. The highest BCUT2D eigenvalue weighted by Crippen LogP contribution is 2.46. The summed E-state index contributed by atoms with van der Waals surface area (Å²) in [4.78, 5) is 0. The van der Waals surface area contributed by atoms with E-state index in [-0.39, 0.29) is 10.8 Å². The van der Waals surface area contributed by atoms with E-state index in [4.69, 9.17) is 0 Å². The van der Waals surface area contributed by atoms with Gasteiger partial charge in [0.15, 0.2) is 0 Å². The topological polar surface area (TPSA) is 52.5 Å². The van der Waals surface area contributed by atoms with Crippen LogP contribution >= 0.6 is 0 Å². The van der Waals surface area contributed by atoms with Gasteiger partial charge in [-0.05, 0) is 53.0 Å². The van der Waals surface area contributed by atoms with Gasteiger partial charge in [0.2, 0.25) is 0 Å². The number of hydrogen-bond donors (Lipinski definition) is 3. The van der Waals surface area contributed by atoms with Crippen molar-refractivity contribution in [3.63, 3.8) is 0 Å². The predicted molar refractivity (Wildman–Crippen MR) is 101 cm³/mol. The van der Waals surface area contributed by atoms with Crippen molar-refractivity contribution in [2.45, 2.75) is 51.4 Å². The number of para-hydroxylation sites is 1. The van der Waals surface area contributed by atoms with E-state index in [1.54, 1.807) is 12.1 Å². The van der Waals surface area contributed by atoms with E-state index in [0.29, 0.717) is 5.46 Å². The van der Waals surface area contributed by atoms with Crippen LogP contribution in [0.25, 0.3) is 0 Å². The maximum absolute atomic E-state index is 9.54. The third-order valence-corrected chi connectivity index (χ3v) is 5.37. The van der Waals surface area contributed by atoms with Crippen LogP contribution in [0.3, 0.4) is 0 Å². The Hall–Kier alpha value is -1.78. The molecule has 0 radical (unpaired) electrons. The number of hydrogen-bond acceptors (Lipinski definition) is 3. The maximum atomic E-state index is 9.54. The van der Waals surface area contributed by atoms with Crippen LogP contribution in [-0.4, -0.2) is 17.2 Å². The zero-order valence-corrected chi connectivity index (χ0v) is 14.9. The second-order valence-electron chi connectivity index (χ2n) is 8.11. The van der Waals surface area contributed by atoms with Crippen molar-refractivity contribution in [3.05, 3.63) is 53.6 Å². The number of fused-ring (bicyclic) bond motifs is 1. The van der Waals surface area contributed by atoms with Crippen LogP contribution in [0.2, 0.25) is 0 Å². The Morgan fingerprint density at radius 3 is 2.17 bits per heavy atom. The highest BCUT2D eigenvalue weighted by atomic mass is 16.4. The van der Waals surface area contributed by atoms with E-state index in [9.17, 15) is 10.0 Å². The molecule has 0 aliphatic heterocycles. The largest absolute Gasteiger partial charge is 0.490 e. The number of anilines is 2. The Kier molecular flexibility index (Phi) is 4.22. The molecule has 3 rings (SSSR count). The zero-order valence-electron chi connectivity index (χ0n) is 14.9. The molecule has 1 aliphatic carbocycles. The lowest BCUT2D eigenvalue weighted by molar-refractivity contribution is 0.332. The summed E-state index contributed by atoms with van der Waals surface area (Å²) in [5.74, 6) is 0. The van der Waals surface area contributed by atoms with Crippen LogP contribution in [0.1, 0.15) is 51.7 Å². The molecule has 126 valence electrons. The summed E-state index contributed by atoms with van der Waals surface area (Å²) in [6.07, 6.45) is 2.36. The molecule has 0 fully saturated rings. The summed E-state index contributed by atoms with van der Waals surface area (Å²) >= 11 is 0. The van der Waals surface area contributed by atoms with Crippen molar-refractivity contribution in [2.75, 3.05) is 5.32 Å². The van der Waals surface area contributed by atoms with Crippen molar-refractivity contribution >= 4 is 24.0 Å². The fourth-order valence-corrected chi connectivity index (χ4v) is 3.66. The molecule has 3 nitrogen and oxygen atoms in total. The molecule has 0 bridgehead atoms. The molecule has 2 aromatic rings. The fraction of sp³-hybridized carbons (Fsp3) is 0.400. The van der Waals surface area contributed by atoms with Gasteiger partial charge in [-0.25, -0.2) is 0 Å². The van der Waals surface area contributed by atoms with Gasteiger partial charge in [0.25, 0.3) is 0 Å². The number of rotatable bonds is 3. The summed E-state index contributed by atoms with van der Waals surface area (Å²) in [7, 11) is -1.48. The molecule has 0 heterocycles. The van der Waals surface area contributed by atoms with Crippen molar-refractivity contribution in [3.8, 4) is 0 Å².